The fourth-order valence-electron chi connectivity index (χ4n) is 4.14. The summed E-state index contributed by atoms with van der Waals surface area (Å²) in [6.45, 7) is 2.58. The third kappa shape index (κ3) is 4.11. The van der Waals surface area contributed by atoms with Gasteiger partial charge in [0.25, 0.3) is 0 Å². The number of carbonyl (C=O) groups is 2. The average Bonchev–Trinajstić information content (AvgIpc) is 3.47. The summed E-state index contributed by atoms with van der Waals surface area (Å²) in [5.41, 5.74) is 0.954. The quantitative estimate of drug-likeness (QED) is 0.561. The molecule has 0 spiro atoms. The normalized spacial score (nSPS) is 20.6. The van der Waals surface area contributed by atoms with Crippen molar-refractivity contribution in [2.45, 2.75) is 17.9 Å². The predicted octanol–water partition coefficient (Wildman–Crippen LogP) is 3.77. The van der Waals surface area contributed by atoms with Gasteiger partial charge in [0.05, 0.1) is 4.88 Å². The average molecular weight is 449 g/mol. The topological polar surface area (TPSA) is 83.6 Å². The maximum absolute atomic E-state index is 13.1. The molecule has 5 rings (SSSR count). The van der Waals surface area contributed by atoms with E-state index in [1.165, 1.54) is 11.3 Å². The van der Waals surface area contributed by atoms with Gasteiger partial charge >= 0.3 is 6.03 Å². The summed E-state index contributed by atoms with van der Waals surface area (Å²) in [5, 5.41) is 8.08. The largest absolute Gasteiger partial charge is 0.478 e. The van der Waals surface area contributed by atoms with Gasteiger partial charge < -0.3 is 20.3 Å². The molecule has 0 radical (unpaired) electrons. The van der Waals surface area contributed by atoms with E-state index in [-0.39, 0.29) is 11.8 Å². The van der Waals surface area contributed by atoms with Gasteiger partial charge in [-0.1, -0.05) is 12.1 Å². The van der Waals surface area contributed by atoms with Crippen molar-refractivity contribution in [3.05, 3.63) is 76.7 Å². The van der Waals surface area contributed by atoms with Gasteiger partial charge in [-0.2, -0.15) is 0 Å². The molecular weight excluding hydrogens is 424 g/mol. The van der Waals surface area contributed by atoms with Crippen LogP contribution in [-0.4, -0.2) is 53.5 Å². The fourth-order valence-corrected chi connectivity index (χ4v) is 4.89. The van der Waals surface area contributed by atoms with Crippen LogP contribution in [-0.2, 0) is 0 Å². The lowest BCUT2D eigenvalue weighted by Crippen LogP contribution is -2.50. The molecule has 0 bridgehead atoms. The Hall–Kier alpha value is -3.23. The number of hydrogen-bond acceptors (Lipinski definition) is 6. The molecule has 2 aliphatic heterocycles. The zero-order chi connectivity index (χ0) is 22.0. The molecular formula is C24H24N4O3S. The molecule has 1 atom stereocenters. The number of thiophene rings is 1. The Bertz CT molecular complexity index is 1070. The highest BCUT2D eigenvalue weighted by Crippen LogP contribution is 2.31. The van der Waals surface area contributed by atoms with Crippen molar-refractivity contribution in [2.75, 3.05) is 31.5 Å². The number of nitrogens with zero attached hydrogens (tertiary/aromatic N) is 2. The van der Waals surface area contributed by atoms with Crippen molar-refractivity contribution in [3.63, 3.8) is 0 Å². The highest BCUT2D eigenvalue weighted by molar-refractivity contribution is 7.12. The summed E-state index contributed by atoms with van der Waals surface area (Å²) in [7, 11) is 0. The van der Waals surface area contributed by atoms with Gasteiger partial charge in [0.1, 0.15) is 5.75 Å². The molecule has 2 fully saturated rings. The Morgan fingerprint density at radius 3 is 2.66 bits per heavy atom. The molecule has 0 unspecified atom stereocenters. The number of urea groups is 1. The molecule has 4 heterocycles. The molecule has 2 amide bonds. The van der Waals surface area contributed by atoms with Crippen molar-refractivity contribution < 1.29 is 14.3 Å². The van der Waals surface area contributed by atoms with E-state index in [4.69, 9.17) is 4.74 Å². The van der Waals surface area contributed by atoms with Gasteiger partial charge in [-0.25, -0.2) is 4.79 Å². The van der Waals surface area contributed by atoms with Gasteiger partial charge in [0, 0.05) is 50.1 Å². The zero-order valence-corrected chi connectivity index (χ0v) is 18.3. The van der Waals surface area contributed by atoms with Crippen LogP contribution in [0.5, 0.6) is 5.75 Å². The van der Waals surface area contributed by atoms with E-state index < -0.39 is 5.60 Å². The van der Waals surface area contributed by atoms with Crippen LogP contribution in [0.4, 0.5) is 10.5 Å². The van der Waals surface area contributed by atoms with Crippen LogP contribution in [0.3, 0.4) is 0 Å². The summed E-state index contributed by atoms with van der Waals surface area (Å²) in [4.78, 5) is 32.2. The number of nitrogens with one attached hydrogen (secondary N) is 2. The second-order valence-corrected chi connectivity index (χ2v) is 9.12. The Balaban J connectivity index is 1.19. The lowest BCUT2D eigenvalue weighted by molar-refractivity contribution is 0.0529. The molecule has 3 aromatic rings. The molecule has 0 aliphatic carbocycles. The molecule has 7 nitrogen and oxygen atoms in total. The smallest absolute Gasteiger partial charge is 0.321 e. The predicted molar refractivity (Wildman–Crippen MR) is 124 cm³/mol. The van der Waals surface area contributed by atoms with Crippen LogP contribution in [0.2, 0.25) is 0 Å². The van der Waals surface area contributed by atoms with Crippen LogP contribution in [0, 0.1) is 0 Å². The first kappa shape index (κ1) is 20.7. The maximum atomic E-state index is 13.1. The van der Waals surface area contributed by atoms with Crippen molar-refractivity contribution in [3.8, 4) is 5.75 Å². The number of likely N-dealkylation sites (tertiary alicyclic amines) is 1. The molecule has 0 saturated carbocycles. The molecule has 2 aromatic heterocycles. The molecule has 2 saturated heterocycles. The highest BCUT2D eigenvalue weighted by atomic mass is 32.1. The van der Waals surface area contributed by atoms with Crippen molar-refractivity contribution in [1.29, 1.82) is 0 Å². The summed E-state index contributed by atoms with van der Waals surface area (Å²) in [6.07, 6.45) is 4.23. The first-order valence-electron chi connectivity index (χ1n) is 10.7. The Morgan fingerprint density at radius 1 is 1.16 bits per heavy atom. The van der Waals surface area contributed by atoms with E-state index >= 15 is 0 Å². The number of pyridine rings is 1. The number of ketones is 1. The van der Waals surface area contributed by atoms with E-state index in [1.54, 1.807) is 35.4 Å². The van der Waals surface area contributed by atoms with E-state index in [1.807, 2.05) is 35.8 Å². The standard InChI is InChI=1S/C24H24N4O3S/c29-22(21-4-2-12-32-21)24(9-11-26-16-24)31-20-7-5-19(6-8-20)27-23(30)28-14-18(15-28)17-3-1-10-25-13-17/h1-8,10,12-13,18,26H,9,11,14-16H2,(H,27,30)/t24-/m1/s1. The third-order valence-electron chi connectivity index (χ3n) is 6.02. The number of amides is 2. The lowest BCUT2D eigenvalue weighted by Gasteiger charge is -2.39. The number of anilines is 1. The number of benzene rings is 1. The van der Waals surface area contributed by atoms with Gasteiger partial charge in [0.2, 0.25) is 5.78 Å². The number of hydrogen-bond donors (Lipinski definition) is 2. The van der Waals surface area contributed by atoms with Crippen LogP contribution in [0.25, 0.3) is 0 Å². The fraction of sp³-hybridized carbons (Fsp3) is 0.292. The SMILES string of the molecule is O=C(Nc1ccc(O[C@]2(C(=O)c3cccs3)CCNC2)cc1)N1CC(c2cccnc2)C1. The van der Waals surface area contributed by atoms with Gasteiger partial charge in [-0.05, 0) is 53.9 Å². The number of rotatable bonds is 6. The van der Waals surface area contributed by atoms with Crippen molar-refractivity contribution >= 4 is 28.8 Å². The number of ether oxygens (including phenoxy) is 1. The van der Waals surface area contributed by atoms with E-state index in [9.17, 15) is 9.59 Å². The van der Waals surface area contributed by atoms with Crippen LogP contribution < -0.4 is 15.4 Å². The van der Waals surface area contributed by atoms with Crippen LogP contribution >= 0.6 is 11.3 Å². The molecule has 2 aliphatic rings. The first-order valence-corrected chi connectivity index (χ1v) is 11.5. The lowest BCUT2D eigenvalue weighted by atomic mass is 9.93. The van der Waals surface area contributed by atoms with Crippen molar-refractivity contribution in [2.24, 2.45) is 0 Å². The summed E-state index contributed by atoms with van der Waals surface area (Å²) >= 11 is 1.43. The Kier molecular flexibility index (Phi) is 5.63. The van der Waals surface area contributed by atoms with Gasteiger partial charge in [0.15, 0.2) is 5.60 Å². The second kappa shape index (κ2) is 8.72. The van der Waals surface area contributed by atoms with Crippen LogP contribution in [0.1, 0.15) is 27.6 Å². The zero-order valence-electron chi connectivity index (χ0n) is 17.5. The highest BCUT2D eigenvalue weighted by Gasteiger charge is 2.44. The molecule has 2 N–H and O–H groups in total. The van der Waals surface area contributed by atoms with Crippen LogP contribution in [0.15, 0.2) is 66.3 Å². The second-order valence-electron chi connectivity index (χ2n) is 8.17. The van der Waals surface area contributed by atoms with Gasteiger partial charge in [-0.3, -0.25) is 9.78 Å². The van der Waals surface area contributed by atoms with Gasteiger partial charge in [-0.15, -0.1) is 11.3 Å². The molecule has 1 aromatic carbocycles. The monoisotopic (exact) mass is 448 g/mol. The first-order chi connectivity index (χ1) is 15.6. The summed E-state index contributed by atoms with van der Waals surface area (Å²) < 4.78 is 6.22. The molecule has 8 heteroatoms. The number of carbonyl (C=O) groups excluding carboxylic acids is 2. The summed E-state index contributed by atoms with van der Waals surface area (Å²) in [6, 6.07) is 14.8. The minimum Gasteiger partial charge on any atom is -0.478 e. The van der Waals surface area contributed by atoms with E-state index in [0.717, 1.165) is 12.1 Å². The Morgan fingerprint density at radius 2 is 2.00 bits per heavy atom. The summed E-state index contributed by atoms with van der Waals surface area (Å²) in [5.74, 6) is 0.954. The number of aromatic nitrogens is 1. The Labute approximate surface area is 190 Å². The van der Waals surface area contributed by atoms with E-state index in [0.29, 0.717) is 48.3 Å². The number of Topliss-reactive ketones (excluding diaryl/α,β-unsaturated/α-hetero) is 1. The van der Waals surface area contributed by atoms with Crippen molar-refractivity contribution in [1.82, 2.24) is 15.2 Å². The third-order valence-corrected chi connectivity index (χ3v) is 6.89. The maximum Gasteiger partial charge on any atom is 0.321 e. The molecule has 32 heavy (non-hydrogen) atoms. The molecule has 164 valence electrons. The van der Waals surface area contributed by atoms with E-state index in [2.05, 4.69) is 15.6 Å². The minimum atomic E-state index is -0.894. The minimum absolute atomic E-state index is 0.0100.